The van der Waals surface area contributed by atoms with Crippen LogP contribution in [0, 0.1) is 11.5 Å². The third-order valence-electron chi connectivity index (χ3n) is 3.56. The molecule has 1 saturated heterocycles. The van der Waals surface area contributed by atoms with Crippen molar-refractivity contribution in [3.05, 3.63) is 35.4 Å². The lowest BCUT2D eigenvalue weighted by Crippen LogP contribution is -2.46. The average molecular weight is 331 g/mol. The molecule has 1 aromatic carbocycles. The maximum absolute atomic E-state index is 11.6. The molecule has 5 heteroatoms. The van der Waals surface area contributed by atoms with Crippen LogP contribution in [-0.2, 0) is 20.8 Å². The number of hydrogen-bond acceptors (Lipinski definition) is 4. The Hall–Kier alpha value is -1.61. The van der Waals surface area contributed by atoms with E-state index >= 15 is 0 Å². The van der Waals surface area contributed by atoms with Gasteiger partial charge in [-0.05, 0) is 17.7 Å². The maximum atomic E-state index is 11.6. The fraction of sp³-hybridized carbons (Fsp3) is 0.500. The molecule has 1 aromatic rings. The molecule has 1 fully saturated rings. The molecule has 1 atom stereocenters. The predicted molar refractivity (Wildman–Crippen MR) is 93.7 cm³/mol. The van der Waals surface area contributed by atoms with E-state index in [1.807, 2.05) is 0 Å². The monoisotopic (exact) mass is 331 g/mol. The number of morpholine rings is 1. The van der Waals surface area contributed by atoms with Gasteiger partial charge in [0.1, 0.15) is 8.07 Å². The Bertz CT molecular complexity index is 595. The molecule has 2 rings (SSSR count). The van der Waals surface area contributed by atoms with E-state index in [0.29, 0.717) is 13.2 Å². The smallest absolute Gasteiger partial charge is 0.336 e. The fourth-order valence-electron chi connectivity index (χ4n) is 2.33. The molecule has 23 heavy (non-hydrogen) atoms. The Labute approximate surface area is 139 Å². The highest BCUT2D eigenvalue weighted by Crippen LogP contribution is 2.12. The van der Waals surface area contributed by atoms with E-state index in [-0.39, 0.29) is 5.97 Å². The van der Waals surface area contributed by atoms with Gasteiger partial charge in [-0.15, -0.1) is 5.54 Å². The van der Waals surface area contributed by atoms with Gasteiger partial charge in [-0.25, -0.2) is 4.79 Å². The van der Waals surface area contributed by atoms with Crippen LogP contribution in [0.15, 0.2) is 24.3 Å². The zero-order valence-electron chi connectivity index (χ0n) is 14.4. The van der Waals surface area contributed by atoms with Crippen molar-refractivity contribution >= 4 is 14.0 Å². The Morgan fingerprint density at radius 1 is 1.35 bits per heavy atom. The molecule has 0 saturated carbocycles. The van der Waals surface area contributed by atoms with Crippen molar-refractivity contribution in [1.29, 1.82) is 0 Å². The van der Waals surface area contributed by atoms with Gasteiger partial charge in [0.25, 0.3) is 0 Å². The van der Waals surface area contributed by atoms with Crippen LogP contribution in [0.2, 0.25) is 19.6 Å². The molecule has 0 aromatic heterocycles. The maximum Gasteiger partial charge on any atom is 0.336 e. The first kappa shape index (κ1) is 17.7. The summed E-state index contributed by atoms with van der Waals surface area (Å²) in [4.78, 5) is 13.8. The van der Waals surface area contributed by atoms with Crippen molar-refractivity contribution in [1.82, 2.24) is 4.90 Å². The number of hydrogen-bond donors (Lipinski definition) is 0. The third kappa shape index (κ3) is 5.83. The SMILES string of the molecule is COC(=O)C1CN(Cc2ccc(C#C[Si](C)(C)C)cc2)CCO1. The minimum atomic E-state index is -1.34. The van der Waals surface area contributed by atoms with Crippen LogP contribution in [0.25, 0.3) is 0 Å². The minimum Gasteiger partial charge on any atom is -0.467 e. The van der Waals surface area contributed by atoms with Crippen LogP contribution >= 0.6 is 0 Å². The van der Waals surface area contributed by atoms with Gasteiger partial charge in [-0.2, -0.15) is 0 Å². The topological polar surface area (TPSA) is 38.8 Å². The normalized spacial score (nSPS) is 18.9. The van der Waals surface area contributed by atoms with Crippen molar-refractivity contribution in [2.24, 2.45) is 0 Å². The predicted octanol–water partition coefficient (Wildman–Crippen LogP) is 2.29. The third-order valence-corrected chi connectivity index (χ3v) is 4.43. The number of benzene rings is 1. The second-order valence-electron chi connectivity index (χ2n) is 6.81. The molecular formula is C18H25NO3Si. The molecule has 0 amide bonds. The zero-order valence-corrected chi connectivity index (χ0v) is 15.4. The van der Waals surface area contributed by atoms with E-state index in [2.05, 4.69) is 60.3 Å². The summed E-state index contributed by atoms with van der Waals surface area (Å²) < 4.78 is 10.2. The van der Waals surface area contributed by atoms with Gasteiger partial charge in [-0.1, -0.05) is 37.7 Å². The van der Waals surface area contributed by atoms with Gasteiger partial charge in [0.15, 0.2) is 6.10 Å². The van der Waals surface area contributed by atoms with Gasteiger partial charge in [-0.3, -0.25) is 4.90 Å². The summed E-state index contributed by atoms with van der Waals surface area (Å²) in [6, 6.07) is 8.36. The number of esters is 1. The first-order chi connectivity index (χ1) is 10.9. The van der Waals surface area contributed by atoms with E-state index in [1.54, 1.807) is 0 Å². The molecule has 1 aliphatic heterocycles. The number of nitrogens with zero attached hydrogens (tertiary/aromatic N) is 1. The van der Waals surface area contributed by atoms with Crippen LogP contribution in [-0.4, -0.2) is 51.9 Å². The van der Waals surface area contributed by atoms with Crippen molar-refractivity contribution in [2.45, 2.75) is 32.3 Å². The summed E-state index contributed by atoms with van der Waals surface area (Å²) in [5.41, 5.74) is 5.65. The second-order valence-corrected chi connectivity index (χ2v) is 11.6. The van der Waals surface area contributed by atoms with Gasteiger partial charge in [0.2, 0.25) is 0 Å². The molecule has 1 heterocycles. The number of ether oxygens (including phenoxy) is 2. The van der Waals surface area contributed by atoms with E-state index in [0.717, 1.165) is 18.7 Å². The Balaban J connectivity index is 1.95. The van der Waals surface area contributed by atoms with Crippen LogP contribution in [0.4, 0.5) is 0 Å². The van der Waals surface area contributed by atoms with E-state index < -0.39 is 14.2 Å². The lowest BCUT2D eigenvalue weighted by atomic mass is 10.1. The van der Waals surface area contributed by atoms with E-state index in [4.69, 9.17) is 9.47 Å². The van der Waals surface area contributed by atoms with Crippen LogP contribution < -0.4 is 0 Å². The van der Waals surface area contributed by atoms with Gasteiger partial charge in [0, 0.05) is 25.2 Å². The summed E-state index contributed by atoms with van der Waals surface area (Å²) >= 11 is 0. The molecule has 1 aliphatic rings. The lowest BCUT2D eigenvalue weighted by Gasteiger charge is -2.31. The quantitative estimate of drug-likeness (QED) is 0.484. The Kier molecular flexibility index (Phi) is 6.00. The summed E-state index contributed by atoms with van der Waals surface area (Å²) in [6.07, 6.45) is -0.476. The highest BCUT2D eigenvalue weighted by molar-refractivity contribution is 6.83. The first-order valence-corrected chi connectivity index (χ1v) is 11.4. The highest BCUT2D eigenvalue weighted by Gasteiger charge is 2.27. The largest absolute Gasteiger partial charge is 0.467 e. The van der Waals surface area contributed by atoms with Crippen molar-refractivity contribution < 1.29 is 14.3 Å². The molecular weight excluding hydrogens is 306 g/mol. The standard InChI is InChI=1S/C18H25NO3Si/c1-21-18(20)17-14-19(10-11-22-17)13-16-7-5-15(6-8-16)9-12-23(2,3)4/h5-8,17H,10-11,13-14H2,1-4H3. The summed E-state index contributed by atoms with van der Waals surface area (Å²) in [6.45, 7) is 9.48. The van der Waals surface area contributed by atoms with Crippen molar-refractivity contribution in [3.8, 4) is 11.5 Å². The molecule has 0 radical (unpaired) electrons. The number of methoxy groups -OCH3 is 1. The number of carbonyl (C=O) groups excluding carboxylic acids is 1. The Morgan fingerprint density at radius 2 is 2.04 bits per heavy atom. The molecule has 4 nitrogen and oxygen atoms in total. The summed E-state index contributed by atoms with van der Waals surface area (Å²) in [5, 5.41) is 0. The van der Waals surface area contributed by atoms with Crippen LogP contribution in [0.3, 0.4) is 0 Å². The molecule has 0 aliphatic carbocycles. The average Bonchev–Trinajstić information content (AvgIpc) is 2.53. The van der Waals surface area contributed by atoms with E-state index in [1.165, 1.54) is 12.7 Å². The molecule has 1 unspecified atom stereocenters. The molecule has 0 bridgehead atoms. The van der Waals surface area contributed by atoms with Gasteiger partial charge < -0.3 is 9.47 Å². The Morgan fingerprint density at radius 3 is 2.65 bits per heavy atom. The fourth-order valence-corrected chi connectivity index (χ4v) is 2.85. The number of rotatable bonds is 3. The zero-order chi connectivity index (χ0) is 16.9. The molecule has 0 spiro atoms. The van der Waals surface area contributed by atoms with Crippen molar-refractivity contribution in [3.63, 3.8) is 0 Å². The van der Waals surface area contributed by atoms with Gasteiger partial charge in [0.05, 0.1) is 13.7 Å². The first-order valence-electron chi connectivity index (χ1n) is 7.91. The second kappa shape index (κ2) is 7.78. The van der Waals surface area contributed by atoms with Crippen LogP contribution in [0.5, 0.6) is 0 Å². The van der Waals surface area contributed by atoms with Crippen molar-refractivity contribution in [2.75, 3.05) is 26.8 Å². The number of carbonyl (C=O) groups is 1. The summed E-state index contributed by atoms with van der Waals surface area (Å²) in [5.74, 6) is 2.96. The highest BCUT2D eigenvalue weighted by atomic mass is 28.3. The van der Waals surface area contributed by atoms with Gasteiger partial charge >= 0.3 is 5.97 Å². The lowest BCUT2D eigenvalue weighted by molar-refractivity contribution is -0.160. The summed E-state index contributed by atoms with van der Waals surface area (Å²) in [7, 11) is 0.0558. The molecule has 124 valence electrons. The minimum absolute atomic E-state index is 0.299. The molecule has 0 N–H and O–H groups in total. The van der Waals surface area contributed by atoms with Crippen LogP contribution in [0.1, 0.15) is 11.1 Å². The van der Waals surface area contributed by atoms with E-state index in [9.17, 15) is 4.79 Å².